The molecule has 0 spiro atoms. The van der Waals surface area contributed by atoms with Crippen molar-refractivity contribution >= 4 is 17.3 Å². The smallest absolute Gasteiger partial charge is 0.312 e. The fourth-order valence-corrected chi connectivity index (χ4v) is 4.39. The summed E-state index contributed by atoms with van der Waals surface area (Å²) in [4.78, 5) is 28.2. The zero-order valence-electron chi connectivity index (χ0n) is 19.7. The van der Waals surface area contributed by atoms with Crippen molar-refractivity contribution in [2.45, 2.75) is 26.8 Å². The van der Waals surface area contributed by atoms with Crippen LogP contribution in [0, 0.1) is 24.0 Å². The van der Waals surface area contributed by atoms with E-state index < -0.39 is 4.92 Å². The molecule has 2 aromatic carbocycles. The average Bonchev–Trinajstić information content (AvgIpc) is 2.99. The number of nitrogens with zero attached hydrogens (tertiary/aromatic N) is 5. The van der Waals surface area contributed by atoms with E-state index in [2.05, 4.69) is 10.00 Å². The maximum Gasteiger partial charge on any atom is 0.312 e. The van der Waals surface area contributed by atoms with Gasteiger partial charge >= 0.3 is 5.69 Å². The molecule has 4 rings (SSSR count). The fraction of sp³-hybridized carbons (Fsp3) is 0.360. The largest absolute Gasteiger partial charge is 0.497 e. The third-order valence-electron chi connectivity index (χ3n) is 6.28. The summed E-state index contributed by atoms with van der Waals surface area (Å²) in [5.41, 5.74) is 3.67. The van der Waals surface area contributed by atoms with Crippen LogP contribution in [0.2, 0.25) is 0 Å². The van der Waals surface area contributed by atoms with Gasteiger partial charge < -0.3 is 14.5 Å². The maximum absolute atomic E-state index is 13.1. The topological polar surface area (TPSA) is 93.7 Å². The summed E-state index contributed by atoms with van der Waals surface area (Å²) >= 11 is 0. The quantitative estimate of drug-likeness (QED) is 0.408. The highest BCUT2D eigenvalue weighted by atomic mass is 16.6. The molecular formula is C25H29N5O4. The molecule has 0 N–H and O–H groups in total. The van der Waals surface area contributed by atoms with Crippen molar-refractivity contribution < 1.29 is 14.5 Å². The van der Waals surface area contributed by atoms with Gasteiger partial charge in [-0.1, -0.05) is 12.1 Å². The second-order valence-corrected chi connectivity index (χ2v) is 8.46. The average molecular weight is 464 g/mol. The van der Waals surface area contributed by atoms with Crippen LogP contribution in [0.1, 0.15) is 33.7 Å². The Morgan fingerprint density at radius 3 is 2.35 bits per heavy atom. The molecule has 178 valence electrons. The third kappa shape index (κ3) is 4.88. The molecule has 1 amide bonds. The fourth-order valence-electron chi connectivity index (χ4n) is 4.39. The lowest BCUT2D eigenvalue weighted by molar-refractivity contribution is -0.386. The summed E-state index contributed by atoms with van der Waals surface area (Å²) in [7, 11) is 1.66. The molecule has 34 heavy (non-hydrogen) atoms. The predicted molar refractivity (Wildman–Crippen MR) is 130 cm³/mol. The Morgan fingerprint density at radius 2 is 1.74 bits per heavy atom. The Labute approximate surface area is 198 Å². The van der Waals surface area contributed by atoms with Crippen molar-refractivity contribution in [3.63, 3.8) is 0 Å². The number of anilines is 1. The number of methoxy groups -OCH3 is 1. The summed E-state index contributed by atoms with van der Waals surface area (Å²) in [5.74, 6) is 0.847. The summed E-state index contributed by atoms with van der Waals surface area (Å²) in [5, 5.41) is 15.5. The van der Waals surface area contributed by atoms with Gasteiger partial charge in [-0.25, -0.2) is 0 Å². The highest BCUT2D eigenvalue weighted by Crippen LogP contribution is 2.23. The SMILES string of the molecule is COc1ccc(N2CCCN(C(=O)c3ccc(Cn4nc(C)c([N+](=O)[O-])c4C)cc3)CC2)cc1. The molecule has 1 saturated heterocycles. The number of hydrogen-bond acceptors (Lipinski definition) is 6. The summed E-state index contributed by atoms with van der Waals surface area (Å²) in [6, 6.07) is 15.4. The van der Waals surface area contributed by atoms with Gasteiger partial charge in [0.15, 0.2) is 0 Å². The van der Waals surface area contributed by atoms with Gasteiger partial charge in [0.2, 0.25) is 0 Å². The second-order valence-electron chi connectivity index (χ2n) is 8.46. The van der Waals surface area contributed by atoms with Crippen LogP contribution in [0.25, 0.3) is 0 Å². The van der Waals surface area contributed by atoms with Gasteiger partial charge in [-0.3, -0.25) is 19.6 Å². The molecule has 0 unspecified atom stereocenters. The van der Waals surface area contributed by atoms with Crippen LogP contribution in [0.4, 0.5) is 11.4 Å². The first-order valence-corrected chi connectivity index (χ1v) is 11.3. The molecule has 0 saturated carbocycles. The molecule has 1 aliphatic rings. The van der Waals surface area contributed by atoms with E-state index in [1.54, 1.807) is 25.6 Å². The standard InChI is InChI=1S/C25H29N5O4/c1-18-24(30(32)33)19(2)29(26-18)17-20-5-7-21(8-6-20)25(31)28-14-4-13-27(15-16-28)22-9-11-23(34-3)12-10-22/h5-12H,4,13-17H2,1-3H3. The Balaban J connectivity index is 1.39. The van der Waals surface area contributed by atoms with Crippen LogP contribution < -0.4 is 9.64 Å². The van der Waals surface area contributed by atoms with E-state index in [0.717, 1.165) is 36.5 Å². The lowest BCUT2D eigenvalue weighted by Gasteiger charge is -2.24. The number of aromatic nitrogens is 2. The van der Waals surface area contributed by atoms with E-state index in [-0.39, 0.29) is 11.6 Å². The zero-order valence-corrected chi connectivity index (χ0v) is 19.7. The highest BCUT2D eigenvalue weighted by molar-refractivity contribution is 5.94. The number of hydrogen-bond donors (Lipinski definition) is 0. The Hall–Kier alpha value is -3.88. The molecule has 0 aliphatic carbocycles. The minimum atomic E-state index is -0.396. The lowest BCUT2D eigenvalue weighted by Crippen LogP contribution is -2.35. The van der Waals surface area contributed by atoms with Crippen LogP contribution in [0.3, 0.4) is 0 Å². The summed E-state index contributed by atoms with van der Waals surface area (Å²) < 4.78 is 6.87. The maximum atomic E-state index is 13.1. The molecule has 9 nitrogen and oxygen atoms in total. The number of nitro groups is 1. The van der Waals surface area contributed by atoms with Crippen molar-refractivity contribution in [1.29, 1.82) is 0 Å². The molecule has 0 bridgehead atoms. The first-order valence-electron chi connectivity index (χ1n) is 11.3. The number of benzene rings is 2. The number of aryl methyl sites for hydroxylation is 1. The normalized spacial score (nSPS) is 14.1. The summed E-state index contributed by atoms with van der Waals surface area (Å²) in [6.07, 6.45) is 0.895. The first kappa shape index (κ1) is 23.3. The van der Waals surface area contributed by atoms with Crippen molar-refractivity contribution in [2.24, 2.45) is 0 Å². The van der Waals surface area contributed by atoms with Gasteiger partial charge in [0, 0.05) is 37.4 Å². The second kappa shape index (κ2) is 9.94. The molecule has 0 atom stereocenters. The van der Waals surface area contributed by atoms with E-state index in [0.29, 0.717) is 36.6 Å². The molecular weight excluding hydrogens is 434 g/mol. The monoisotopic (exact) mass is 463 g/mol. The highest BCUT2D eigenvalue weighted by Gasteiger charge is 2.23. The van der Waals surface area contributed by atoms with Gasteiger partial charge in [-0.2, -0.15) is 5.10 Å². The van der Waals surface area contributed by atoms with Crippen molar-refractivity contribution in [1.82, 2.24) is 14.7 Å². The van der Waals surface area contributed by atoms with Crippen LogP contribution in [0.15, 0.2) is 48.5 Å². The van der Waals surface area contributed by atoms with E-state index >= 15 is 0 Å². The number of ether oxygens (including phenoxy) is 1. The predicted octanol–water partition coefficient (Wildman–Crippen LogP) is 3.82. The van der Waals surface area contributed by atoms with Crippen molar-refractivity contribution in [3.8, 4) is 5.75 Å². The molecule has 0 radical (unpaired) electrons. The van der Waals surface area contributed by atoms with Crippen LogP contribution in [-0.2, 0) is 6.54 Å². The van der Waals surface area contributed by atoms with Gasteiger partial charge in [0.25, 0.3) is 5.91 Å². The minimum Gasteiger partial charge on any atom is -0.497 e. The Bertz CT molecular complexity index is 1170. The van der Waals surface area contributed by atoms with Crippen molar-refractivity contribution in [3.05, 3.63) is 81.2 Å². The Kier molecular flexibility index (Phi) is 6.81. The number of amides is 1. The number of rotatable bonds is 6. The zero-order chi connectivity index (χ0) is 24.2. The van der Waals surface area contributed by atoms with E-state index in [9.17, 15) is 14.9 Å². The van der Waals surface area contributed by atoms with E-state index in [1.165, 1.54) is 0 Å². The minimum absolute atomic E-state index is 0.0184. The van der Waals surface area contributed by atoms with Gasteiger partial charge in [-0.15, -0.1) is 0 Å². The van der Waals surface area contributed by atoms with Gasteiger partial charge in [0.05, 0.1) is 18.6 Å². The van der Waals surface area contributed by atoms with Crippen LogP contribution >= 0.6 is 0 Å². The Morgan fingerprint density at radius 1 is 1.03 bits per heavy atom. The van der Waals surface area contributed by atoms with Crippen LogP contribution in [-0.4, -0.2) is 58.8 Å². The number of carbonyl (C=O) groups is 1. The van der Waals surface area contributed by atoms with E-state index in [1.807, 2.05) is 53.4 Å². The van der Waals surface area contributed by atoms with Crippen LogP contribution in [0.5, 0.6) is 5.75 Å². The third-order valence-corrected chi connectivity index (χ3v) is 6.28. The molecule has 1 aromatic heterocycles. The van der Waals surface area contributed by atoms with E-state index in [4.69, 9.17) is 4.74 Å². The number of carbonyl (C=O) groups excluding carboxylic acids is 1. The summed E-state index contributed by atoms with van der Waals surface area (Å²) in [6.45, 7) is 6.78. The molecule has 3 aromatic rings. The van der Waals surface area contributed by atoms with Gasteiger partial charge in [-0.05, 0) is 62.2 Å². The lowest BCUT2D eigenvalue weighted by atomic mass is 10.1. The van der Waals surface area contributed by atoms with Gasteiger partial charge in [0.1, 0.15) is 17.1 Å². The molecule has 2 heterocycles. The first-order chi connectivity index (χ1) is 16.4. The molecule has 1 aliphatic heterocycles. The van der Waals surface area contributed by atoms with Crippen molar-refractivity contribution in [2.75, 3.05) is 38.2 Å². The molecule has 1 fully saturated rings. The molecule has 9 heteroatoms.